The lowest BCUT2D eigenvalue weighted by atomic mass is 9.92. The van der Waals surface area contributed by atoms with E-state index in [9.17, 15) is 4.79 Å². The van der Waals surface area contributed by atoms with Crippen LogP contribution in [0.3, 0.4) is 0 Å². The molecule has 3 rings (SSSR count). The molecule has 1 saturated heterocycles. The third-order valence-corrected chi connectivity index (χ3v) is 3.91. The predicted molar refractivity (Wildman–Crippen MR) is 96.9 cm³/mol. The maximum Gasteiger partial charge on any atom is 0.227 e. The van der Waals surface area contributed by atoms with Crippen molar-refractivity contribution in [3.05, 3.63) is 43.0 Å². The number of nitrogens with one attached hydrogen (secondary N) is 2. The highest BCUT2D eigenvalue weighted by atomic mass is 35.5. The van der Waals surface area contributed by atoms with E-state index >= 15 is 0 Å². The van der Waals surface area contributed by atoms with E-state index in [2.05, 4.69) is 22.5 Å². The van der Waals surface area contributed by atoms with Crippen LogP contribution in [0.5, 0.6) is 0 Å². The van der Waals surface area contributed by atoms with Crippen molar-refractivity contribution in [2.75, 3.05) is 11.9 Å². The van der Waals surface area contributed by atoms with Crippen LogP contribution in [-0.4, -0.2) is 28.0 Å². The van der Waals surface area contributed by atoms with Crippen LogP contribution >= 0.6 is 24.8 Å². The molecule has 1 aromatic heterocycles. The van der Waals surface area contributed by atoms with Gasteiger partial charge in [0.1, 0.15) is 0 Å². The molecule has 1 aromatic carbocycles. The highest BCUT2D eigenvalue weighted by molar-refractivity contribution is 5.92. The van der Waals surface area contributed by atoms with Gasteiger partial charge in [0.15, 0.2) is 0 Å². The van der Waals surface area contributed by atoms with Gasteiger partial charge in [0, 0.05) is 35.7 Å². The van der Waals surface area contributed by atoms with Crippen molar-refractivity contribution in [2.24, 2.45) is 5.92 Å². The molecule has 5 nitrogen and oxygen atoms in total. The Labute approximate surface area is 148 Å². The van der Waals surface area contributed by atoms with E-state index in [-0.39, 0.29) is 36.6 Å². The Balaban J connectivity index is 0.00000132. The van der Waals surface area contributed by atoms with Crippen molar-refractivity contribution in [1.82, 2.24) is 14.9 Å². The molecule has 23 heavy (non-hydrogen) atoms. The molecule has 7 heteroatoms. The van der Waals surface area contributed by atoms with Crippen molar-refractivity contribution in [3.63, 3.8) is 0 Å². The smallest absolute Gasteiger partial charge is 0.227 e. The molecule has 1 amide bonds. The maximum atomic E-state index is 12.4. The number of carbonyl (C=O) groups is 1. The lowest BCUT2D eigenvalue weighted by Gasteiger charge is -2.27. The number of benzene rings is 1. The first-order valence-corrected chi connectivity index (χ1v) is 7.35. The van der Waals surface area contributed by atoms with Crippen LogP contribution in [0.4, 0.5) is 5.69 Å². The molecule has 1 aliphatic rings. The third kappa shape index (κ3) is 4.96. The Morgan fingerprint density at radius 1 is 1.39 bits per heavy atom. The first kappa shape index (κ1) is 19.5. The molecular formula is C16H22Cl2N4O. The van der Waals surface area contributed by atoms with Crippen molar-refractivity contribution in [3.8, 4) is 5.69 Å². The van der Waals surface area contributed by atoms with E-state index in [4.69, 9.17) is 0 Å². The second-order valence-corrected chi connectivity index (χ2v) is 5.59. The summed E-state index contributed by atoms with van der Waals surface area (Å²) in [5.74, 6) is 0.212. The average molecular weight is 357 g/mol. The maximum absolute atomic E-state index is 12.4. The molecule has 0 radical (unpaired) electrons. The molecule has 1 aliphatic heterocycles. The quantitative estimate of drug-likeness (QED) is 0.888. The topological polar surface area (TPSA) is 59.0 Å². The summed E-state index contributed by atoms with van der Waals surface area (Å²) in [6, 6.07) is 8.22. The van der Waals surface area contributed by atoms with Crippen LogP contribution in [0.1, 0.15) is 19.8 Å². The lowest BCUT2D eigenvalue weighted by Crippen LogP contribution is -2.40. The van der Waals surface area contributed by atoms with Gasteiger partial charge in [-0.05, 0) is 44.5 Å². The zero-order valence-corrected chi connectivity index (χ0v) is 14.6. The summed E-state index contributed by atoms with van der Waals surface area (Å²) >= 11 is 0. The standard InChI is InChI=1S/C16H20N4O.2ClH/c1-12-9-13(5-6-18-12)16(21)19-14-3-2-4-15(10-14)20-8-7-17-11-20;;/h2-4,7-8,10-13,18H,5-6,9H2,1H3,(H,19,21);2*1H/t12-,13-;;/m0../s1. The summed E-state index contributed by atoms with van der Waals surface area (Å²) in [6.45, 7) is 3.04. The Hall–Kier alpha value is -1.56. The number of piperidine rings is 1. The van der Waals surface area contributed by atoms with Gasteiger partial charge in [0.25, 0.3) is 0 Å². The zero-order valence-electron chi connectivity index (χ0n) is 12.9. The first-order valence-electron chi connectivity index (χ1n) is 7.35. The van der Waals surface area contributed by atoms with E-state index in [1.165, 1.54) is 0 Å². The number of carbonyl (C=O) groups excluding carboxylic acids is 1. The van der Waals surface area contributed by atoms with Crippen LogP contribution < -0.4 is 10.6 Å². The van der Waals surface area contributed by atoms with E-state index < -0.39 is 0 Å². The van der Waals surface area contributed by atoms with Gasteiger partial charge in [-0.3, -0.25) is 4.79 Å². The third-order valence-electron chi connectivity index (χ3n) is 3.91. The molecular weight excluding hydrogens is 335 g/mol. The fourth-order valence-corrected chi connectivity index (χ4v) is 2.77. The molecule has 1 fully saturated rings. The van der Waals surface area contributed by atoms with Crippen molar-refractivity contribution in [2.45, 2.75) is 25.8 Å². The number of hydrogen-bond acceptors (Lipinski definition) is 3. The number of hydrogen-bond donors (Lipinski definition) is 2. The zero-order chi connectivity index (χ0) is 14.7. The fourth-order valence-electron chi connectivity index (χ4n) is 2.77. The van der Waals surface area contributed by atoms with Crippen LogP contribution in [-0.2, 0) is 4.79 Å². The molecule has 2 heterocycles. The molecule has 0 spiro atoms. The molecule has 0 saturated carbocycles. The van der Waals surface area contributed by atoms with Gasteiger partial charge in [0.2, 0.25) is 5.91 Å². The van der Waals surface area contributed by atoms with E-state index in [1.807, 2.05) is 35.0 Å². The van der Waals surface area contributed by atoms with Crippen LogP contribution in [0.15, 0.2) is 43.0 Å². The Kier molecular flexibility index (Phi) is 7.55. The molecule has 2 aromatic rings. The average Bonchev–Trinajstić information content (AvgIpc) is 3.02. The number of imidazole rings is 1. The van der Waals surface area contributed by atoms with Crippen molar-refractivity contribution >= 4 is 36.4 Å². The second-order valence-electron chi connectivity index (χ2n) is 5.59. The van der Waals surface area contributed by atoms with E-state index in [0.717, 1.165) is 30.8 Å². The molecule has 0 unspecified atom stereocenters. The monoisotopic (exact) mass is 356 g/mol. The normalized spacial score (nSPS) is 20.0. The summed E-state index contributed by atoms with van der Waals surface area (Å²) < 4.78 is 1.92. The van der Waals surface area contributed by atoms with Gasteiger partial charge in [-0.1, -0.05) is 6.07 Å². The highest BCUT2D eigenvalue weighted by Crippen LogP contribution is 2.20. The Bertz CT molecular complexity index is 618. The minimum absolute atomic E-state index is 0. The molecule has 0 aliphatic carbocycles. The molecule has 126 valence electrons. The summed E-state index contributed by atoms with van der Waals surface area (Å²) in [4.78, 5) is 16.4. The summed E-state index contributed by atoms with van der Waals surface area (Å²) in [5.41, 5.74) is 1.82. The Morgan fingerprint density at radius 3 is 2.91 bits per heavy atom. The van der Waals surface area contributed by atoms with Crippen LogP contribution in [0.2, 0.25) is 0 Å². The predicted octanol–water partition coefficient (Wildman–Crippen LogP) is 3.04. The number of rotatable bonds is 3. The Morgan fingerprint density at radius 2 is 2.22 bits per heavy atom. The van der Waals surface area contributed by atoms with Gasteiger partial charge in [0.05, 0.1) is 6.33 Å². The summed E-state index contributed by atoms with van der Waals surface area (Å²) in [5, 5.41) is 6.40. The number of aromatic nitrogens is 2. The second kappa shape index (κ2) is 8.91. The summed E-state index contributed by atoms with van der Waals surface area (Å²) in [6.07, 6.45) is 7.16. The first-order chi connectivity index (χ1) is 10.2. The van der Waals surface area contributed by atoms with Gasteiger partial charge in [-0.25, -0.2) is 4.98 Å². The number of halogens is 2. The minimum Gasteiger partial charge on any atom is -0.326 e. The van der Waals surface area contributed by atoms with Gasteiger partial charge in [-0.2, -0.15) is 0 Å². The van der Waals surface area contributed by atoms with Crippen molar-refractivity contribution < 1.29 is 4.79 Å². The molecule has 2 N–H and O–H groups in total. The van der Waals surface area contributed by atoms with E-state index in [0.29, 0.717) is 6.04 Å². The molecule has 2 atom stereocenters. The SMILES string of the molecule is C[C@H]1C[C@@H](C(=O)Nc2cccc(-n3ccnc3)c2)CCN1.Cl.Cl. The highest BCUT2D eigenvalue weighted by Gasteiger charge is 2.24. The molecule has 0 bridgehead atoms. The van der Waals surface area contributed by atoms with Crippen molar-refractivity contribution in [1.29, 1.82) is 0 Å². The minimum atomic E-state index is 0. The fraction of sp³-hybridized carbons (Fsp3) is 0.375. The number of anilines is 1. The van der Waals surface area contributed by atoms with Gasteiger partial charge in [-0.15, -0.1) is 24.8 Å². The number of amides is 1. The summed E-state index contributed by atoms with van der Waals surface area (Å²) in [7, 11) is 0. The largest absolute Gasteiger partial charge is 0.326 e. The van der Waals surface area contributed by atoms with Crippen LogP contribution in [0.25, 0.3) is 5.69 Å². The van der Waals surface area contributed by atoms with E-state index in [1.54, 1.807) is 12.5 Å². The van der Waals surface area contributed by atoms with Crippen LogP contribution in [0, 0.1) is 5.92 Å². The van der Waals surface area contributed by atoms with Gasteiger partial charge < -0.3 is 15.2 Å². The van der Waals surface area contributed by atoms with Gasteiger partial charge >= 0.3 is 0 Å². The lowest BCUT2D eigenvalue weighted by molar-refractivity contribution is -0.120. The number of nitrogens with zero attached hydrogens (tertiary/aromatic N) is 2.